The molecule has 0 atom stereocenters. The maximum atomic E-state index is 12.4. The van der Waals surface area contributed by atoms with Crippen LogP contribution in [0.5, 0.6) is 5.75 Å². The van der Waals surface area contributed by atoms with Gasteiger partial charge < -0.3 is 25.3 Å². The van der Waals surface area contributed by atoms with Gasteiger partial charge in [0.05, 0.1) is 5.39 Å². The second-order valence-corrected chi connectivity index (χ2v) is 8.10. The lowest BCUT2D eigenvalue weighted by Gasteiger charge is -2.36. The number of amides is 1. The summed E-state index contributed by atoms with van der Waals surface area (Å²) in [5.41, 5.74) is 8.94. The van der Waals surface area contributed by atoms with Crippen molar-refractivity contribution < 1.29 is 22.7 Å². The molecule has 3 heterocycles. The van der Waals surface area contributed by atoms with Crippen LogP contribution in [0.3, 0.4) is 0 Å². The van der Waals surface area contributed by atoms with Crippen molar-refractivity contribution in [3.05, 3.63) is 66.5 Å². The maximum Gasteiger partial charge on any atom is 0.573 e. The maximum absolute atomic E-state index is 12.4. The number of nitrogens with two attached hydrogens (primary N) is 1. The third-order valence-corrected chi connectivity index (χ3v) is 5.88. The Kier molecular flexibility index (Phi) is 5.67. The first-order valence-electron chi connectivity index (χ1n) is 10.9. The van der Waals surface area contributed by atoms with Crippen LogP contribution < -0.4 is 20.3 Å². The summed E-state index contributed by atoms with van der Waals surface area (Å²) in [6.45, 7) is 2.68. The molecule has 1 fully saturated rings. The van der Waals surface area contributed by atoms with E-state index in [9.17, 15) is 18.0 Å². The van der Waals surface area contributed by atoms with Gasteiger partial charge >= 0.3 is 6.36 Å². The monoisotopic (exact) mass is 482 g/mol. The van der Waals surface area contributed by atoms with Gasteiger partial charge in [0.15, 0.2) is 0 Å². The molecule has 1 saturated heterocycles. The minimum Gasteiger partial charge on any atom is -0.406 e. The highest BCUT2D eigenvalue weighted by molar-refractivity contribution is 5.95. The van der Waals surface area contributed by atoms with Gasteiger partial charge in [-0.25, -0.2) is 9.97 Å². The Labute approximate surface area is 198 Å². The number of carbonyl (C=O) groups excluding carboxylic acids is 1. The van der Waals surface area contributed by atoms with E-state index >= 15 is 0 Å². The Morgan fingerprint density at radius 3 is 2.37 bits per heavy atom. The van der Waals surface area contributed by atoms with Crippen LogP contribution in [0.2, 0.25) is 0 Å². The third-order valence-electron chi connectivity index (χ3n) is 5.88. The highest BCUT2D eigenvalue weighted by atomic mass is 19.4. The molecule has 5 rings (SSSR count). The van der Waals surface area contributed by atoms with Gasteiger partial charge in [-0.05, 0) is 48.0 Å². The summed E-state index contributed by atoms with van der Waals surface area (Å²) in [6.07, 6.45) is -3.21. The molecule has 35 heavy (non-hydrogen) atoms. The van der Waals surface area contributed by atoms with E-state index in [1.54, 1.807) is 30.3 Å². The second-order valence-electron chi connectivity index (χ2n) is 8.10. The van der Waals surface area contributed by atoms with Crippen LogP contribution in [0.4, 0.5) is 24.7 Å². The smallest absolute Gasteiger partial charge is 0.406 e. The normalized spacial score (nSPS) is 14.4. The zero-order valence-electron chi connectivity index (χ0n) is 18.4. The van der Waals surface area contributed by atoms with Crippen molar-refractivity contribution in [3.8, 4) is 17.0 Å². The van der Waals surface area contributed by atoms with E-state index in [4.69, 9.17) is 5.73 Å². The van der Waals surface area contributed by atoms with Crippen LogP contribution >= 0.6 is 0 Å². The zero-order chi connectivity index (χ0) is 24.6. The zero-order valence-corrected chi connectivity index (χ0v) is 18.4. The van der Waals surface area contributed by atoms with Crippen molar-refractivity contribution in [2.24, 2.45) is 5.73 Å². The van der Waals surface area contributed by atoms with Gasteiger partial charge in [0.25, 0.3) is 0 Å². The number of carbonyl (C=O) groups is 1. The molecule has 4 aromatic rings. The molecule has 1 aliphatic heterocycles. The van der Waals surface area contributed by atoms with E-state index in [1.807, 2.05) is 12.1 Å². The van der Waals surface area contributed by atoms with Gasteiger partial charge in [0, 0.05) is 43.1 Å². The summed E-state index contributed by atoms with van der Waals surface area (Å²) < 4.78 is 41.1. The minimum atomic E-state index is -4.71. The first kappa shape index (κ1) is 22.5. The number of piperazine rings is 1. The van der Waals surface area contributed by atoms with E-state index in [1.165, 1.54) is 18.5 Å². The largest absolute Gasteiger partial charge is 0.573 e. The van der Waals surface area contributed by atoms with E-state index in [2.05, 4.69) is 29.5 Å². The number of hydrogen-bond acceptors (Lipinski definition) is 6. The number of hydrogen-bond donors (Lipinski definition) is 2. The average molecular weight is 482 g/mol. The fourth-order valence-electron chi connectivity index (χ4n) is 4.21. The van der Waals surface area contributed by atoms with Gasteiger partial charge in [-0.15, -0.1) is 13.2 Å². The van der Waals surface area contributed by atoms with Crippen molar-refractivity contribution in [1.29, 1.82) is 0 Å². The number of primary amides is 1. The van der Waals surface area contributed by atoms with Crippen molar-refractivity contribution in [2.45, 2.75) is 6.36 Å². The fourth-order valence-corrected chi connectivity index (χ4v) is 4.21. The number of aromatic nitrogens is 3. The highest BCUT2D eigenvalue weighted by Gasteiger charge is 2.31. The highest BCUT2D eigenvalue weighted by Crippen LogP contribution is 2.31. The number of halogens is 3. The Hall–Kier alpha value is -4.28. The SMILES string of the molecule is NC(=O)c1cccc(-c2cc3c(N4CCN(c5ccc(OC(F)(F)F)cc5)CC4)ncnc3[nH]2)c1. The molecule has 0 unspecified atom stereocenters. The Morgan fingerprint density at radius 2 is 1.69 bits per heavy atom. The van der Waals surface area contributed by atoms with Crippen LogP contribution in [0.1, 0.15) is 10.4 Å². The molecule has 1 amide bonds. The van der Waals surface area contributed by atoms with Crippen molar-refractivity contribution >= 4 is 28.4 Å². The quantitative estimate of drug-likeness (QED) is 0.447. The van der Waals surface area contributed by atoms with Crippen molar-refractivity contribution in [2.75, 3.05) is 36.0 Å². The molecule has 2 aromatic heterocycles. The Balaban J connectivity index is 1.32. The average Bonchev–Trinajstić information content (AvgIpc) is 3.28. The van der Waals surface area contributed by atoms with Gasteiger partial charge in [0.2, 0.25) is 5.91 Å². The molecule has 0 saturated carbocycles. The number of ether oxygens (including phenoxy) is 1. The molecule has 3 N–H and O–H groups in total. The molecule has 180 valence electrons. The van der Waals surface area contributed by atoms with Crippen molar-refractivity contribution in [3.63, 3.8) is 0 Å². The van der Waals surface area contributed by atoms with E-state index in [0.29, 0.717) is 37.4 Å². The van der Waals surface area contributed by atoms with Gasteiger partial charge in [-0.2, -0.15) is 0 Å². The van der Waals surface area contributed by atoms with Gasteiger partial charge in [-0.3, -0.25) is 4.79 Å². The van der Waals surface area contributed by atoms with Gasteiger partial charge in [0.1, 0.15) is 23.5 Å². The number of nitrogens with zero attached hydrogens (tertiary/aromatic N) is 4. The first-order valence-corrected chi connectivity index (χ1v) is 10.9. The van der Waals surface area contributed by atoms with Crippen LogP contribution in [0.25, 0.3) is 22.3 Å². The predicted molar refractivity (Wildman–Crippen MR) is 125 cm³/mol. The van der Waals surface area contributed by atoms with Crippen LogP contribution in [0.15, 0.2) is 60.9 Å². The topological polar surface area (TPSA) is 100 Å². The fraction of sp³-hybridized carbons (Fsp3) is 0.208. The molecule has 1 aliphatic rings. The lowest BCUT2D eigenvalue weighted by Crippen LogP contribution is -2.46. The molecule has 0 spiro atoms. The van der Waals surface area contributed by atoms with Crippen LogP contribution in [-0.2, 0) is 0 Å². The number of nitrogens with one attached hydrogen (secondary N) is 1. The van der Waals surface area contributed by atoms with E-state index in [-0.39, 0.29) is 5.75 Å². The lowest BCUT2D eigenvalue weighted by atomic mass is 10.1. The molecule has 11 heteroatoms. The second kappa shape index (κ2) is 8.82. The van der Waals surface area contributed by atoms with E-state index < -0.39 is 12.3 Å². The molecule has 8 nitrogen and oxygen atoms in total. The molecular formula is C24H21F3N6O2. The summed E-state index contributed by atoms with van der Waals surface area (Å²) in [7, 11) is 0. The predicted octanol–water partition coefficient (Wildman–Crippen LogP) is 3.95. The summed E-state index contributed by atoms with van der Waals surface area (Å²) in [5, 5.41) is 0.856. The van der Waals surface area contributed by atoms with E-state index in [0.717, 1.165) is 28.1 Å². The number of fused-ring (bicyclic) bond motifs is 1. The third kappa shape index (κ3) is 4.84. The summed E-state index contributed by atoms with van der Waals surface area (Å²) in [6, 6.07) is 14.9. The number of benzene rings is 2. The molecule has 0 radical (unpaired) electrons. The lowest BCUT2D eigenvalue weighted by molar-refractivity contribution is -0.274. The number of anilines is 2. The molecule has 0 aliphatic carbocycles. The van der Waals surface area contributed by atoms with Crippen molar-refractivity contribution in [1.82, 2.24) is 15.0 Å². The number of alkyl halides is 3. The standard InChI is InChI=1S/C24H21F3N6O2/c25-24(26,27)35-18-6-4-17(5-7-18)32-8-10-33(11-9-32)23-19-13-20(31-22(19)29-14-30-23)15-2-1-3-16(12-15)21(28)34/h1-7,12-14H,8-11H2,(H2,28,34)(H,29,30,31). The first-order chi connectivity index (χ1) is 16.8. The molecular weight excluding hydrogens is 461 g/mol. The minimum absolute atomic E-state index is 0.243. The number of rotatable bonds is 5. The molecule has 0 bridgehead atoms. The number of H-pyrrole nitrogens is 1. The number of aromatic amines is 1. The molecule has 2 aromatic carbocycles. The Morgan fingerprint density at radius 1 is 0.971 bits per heavy atom. The van der Waals surface area contributed by atoms with Crippen LogP contribution in [0, 0.1) is 0 Å². The summed E-state index contributed by atoms with van der Waals surface area (Å²) in [4.78, 5) is 27.9. The van der Waals surface area contributed by atoms with Crippen LogP contribution in [-0.4, -0.2) is 53.4 Å². The summed E-state index contributed by atoms with van der Waals surface area (Å²) >= 11 is 0. The van der Waals surface area contributed by atoms with Gasteiger partial charge in [-0.1, -0.05) is 12.1 Å². The summed E-state index contributed by atoms with van der Waals surface area (Å²) in [5.74, 6) is 0.0499. The Bertz CT molecular complexity index is 1360.